The van der Waals surface area contributed by atoms with E-state index in [-0.39, 0.29) is 24.4 Å². The molecule has 0 unspecified atom stereocenters. The highest BCUT2D eigenvalue weighted by Gasteiger charge is 2.47. The van der Waals surface area contributed by atoms with E-state index >= 15 is 0 Å². The topological polar surface area (TPSA) is 38.3 Å². The quantitative estimate of drug-likeness (QED) is 0.652. The summed E-state index contributed by atoms with van der Waals surface area (Å²) in [4.78, 5) is 11.2. The number of ether oxygens (including phenoxy) is 1. The van der Waals surface area contributed by atoms with E-state index in [2.05, 4.69) is 5.32 Å². The molecule has 0 aromatic carbocycles. The fraction of sp³-hybridized carbons (Fsp3) is 0.889. The lowest BCUT2D eigenvalue weighted by Crippen LogP contribution is -2.44. The minimum atomic E-state index is -0.0963. The molecule has 1 heterocycles. The molecule has 2 aliphatic rings. The summed E-state index contributed by atoms with van der Waals surface area (Å²) in [5, 5.41) is 3.19. The Bertz CT molecular complexity index is 204. The van der Waals surface area contributed by atoms with Crippen LogP contribution in [-0.2, 0) is 9.53 Å². The number of methoxy groups -OCH3 is 1. The number of hydrogen-bond acceptors (Lipinski definition) is 3. The molecule has 76 valence electrons. The molecule has 2 fully saturated rings. The van der Waals surface area contributed by atoms with Crippen molar-refractivity contribution in [3.8, 4) is 0 Å². The Labute approximate surface area is 84.6 Å². The molecule has 0 aromatic rings. The van der Waals surface area contributed by atoms with Crippen molar-refractivity contribution in [1.82, 2.24) is 5.32 Å². The minimum Gasteiger partial charge on any atom is -0.468 e. The monoisotopic (exact) mass is 205 g/mol. The Morgan fingerprint density at radius 1 is 1.46 bits per heavy atom. The fourth-order valence-corrected chi connectivity index (χ4v) is 2.06. The summed E-state index contributed by atoms with van der Waals surface area (Å²) in [5.41, 5.74) is 0.518. The summed E-state index contributed by atoms with van der Waals surface area (Å²) in [5.74, 6) is -0.0963. The van der Waals surface area contributed by atoms with Crippen molar-refractivity contribution in [2.24, 2.45) is 5.41 Å². The van der Waals surface area contributed by atoms with Crippen LogP contribution >= 0.6 is 12.4 Å². The third kappa shape index (κ3) is 2.15. The zero-order chi connectivity index (χ0) is 8.60. The second kappa shape index (κ2) is 3.84. The summed E-state index contributed by atoms with van der Waals surface area (Å²) in [7, 11) is 1.46. The van der Waals surface area contributed by atoms with Gasteiger partial charge in [-0.2, -0.15) is 0 Å². The number of rotatable bonds is 1. The third-order valence-electron chi connectivity index (χ3n) is 3.13. The van der Waals surface area contributed by atoms with Crippen molar-refractivity contribution in [1.29, 1.82) is 0 Å². The predicted octanol–water partition coefficient (Wildman–Crippen LogP) is 1.11. The van der Waals surface area contributed by atoms with Crippen LogP contribution in [0.15, 0.2) is 0 Å². The lowest BCUT2D eigenvalue weighted by Gasteiger charge is -2.28. The standard InChI is InChI=1S/C9H15NO2.ClH/c1-12-8(11)7-6-9(2-3-9)4-5-10-7;/h7,10H,2-6H2,1H3;1H/t7-;/m0./s1. The van der Waals surface area contributed by atoms with Gasteiger partial charge in [0.25, 0.3) is 0 Å². The van der Waals surface area contributed by atoms with Crippen LogP contribution in [0.2, 0.25) is 0 Å². The van der Waals surface area contributed by atoms with Gasteiger partial charge in [0.2, 0.25) is 0 Å². The first-order valence-corrected chi connectivity index (χ1v) is 4.57. The Kier molecular flexibility index (Phi) is 3.19. The van der Waals surface area contributed by atoms with Gasteiger partial charge in [-0.15, -0.1) is 12.4 Å². The highest BCUT2D eigenvalue weighted by molar-refractivity contribution is 5.85. The smallest absolute Gasteiger partial charge is 0.322 e. The molecule has 1 saturated heterocycles. The third-order valence-corrected chi connectivity index (χ3v) is 3.13. The van der Waals surface area contributed by atoms with E-state index in [1.54, 1.807) is 0 Å². The first kappa shape index (κ1) is 10.8. The fourth-order valence-electron chi connectivity index (χ4n) is 2.06. The summed E-state index contributed by atoms with van der Waals surface area (Å²) < 4.78 is 4.71. The van der Waals surface area contributed by atoms with Gasteiger partial charge in [-0.3, -0.25) is 4.79 Å². The van der Waals surface area contributed by atoms with Crippen LogP contribution in [0, 0.1) is 5.41 Å². The maximum Gasteiger partial charge on any atom is 0.322 e. The van der Waals surface area contributed by atoms with Crippen LogP contribution in [-0.4, -0.2) is 25.7 Å². The zero-order valence-electron chi connectivity index (χ0n) is 7.84. The number of esters is 1. The van der Waals surface area contributed by atoms with E-state index in [0.717, 1.165) is 13.0 Å². The van der Waals surface area contributed by atoms with Crippen molar-refractivity contribution in [2.45, 2.75) is 31.7 Å². The molecule has 1 aliphatic carbocycles. The van der Waals surface area contributed by atoms with E-state index in [1.165, 1.54) is 26.4 Å². The summed E-state index contributed by atoms with van der Waals surface area (Å²) in [6.45, 7) is 0.972. The highest BCUT2D eigenvalue weighted by Crippen LogP contribution is 2.53. The van der Waals surface area contributed by atoms with Gasteiger partial charge >= 0.3 is 5.97 Å². The van der Waals surface area contributed by atoms with Crippen molar-refractivity contribution in [3.05, 3.63) is 0 Å². The molecule has 1 atom stereocenters. The molecule has 1 saturated carbocycles. The van der Waals surface area contributed by atoms with Gasteiger partial charge in [0, 0.05) is 0 Å². The molecule has 4 heteroatoms. The average Bonchev–Trinajstić information content (AvgIpc) is 2.84. The molecule has 13 heavy (non-hydrogen) atoms. The second-order valence-electron chi connectivity index (χ2n) is 3.98. The van der Waals surface area contributed by atoms with Crippen LogP contribution in [0.4, 0.5) is 0 Å². The number of carbonyl (C=O) groups is 1. The number of nitrogens with one attached hydrogen (secondary N) is 1. The number of piperidine rings is 1. The van der Waals surface area contributed by atoms with Crippen LogP contribution < -0.4 is 5.32 Å². The molecule has 2 rings (SSSR count). The molecule has 0 amide bonds. The van der Waals surface area contributed by atoms with Gasteiger partial charge in [-0.1, -0.05) is 0 Å². The van der Waals surface area contributed by atoms with Crippen molar-refractivity contribution in [3.63, 3.8) is 0 Å². The number of carbonyl (C=O) groups excluding carboxylic acids is 1. The normalized spacial score (nSPS) is 29.2. The molecule has 1 spiro atoms. The Morgan fingerprint density at radius 2 is 2.15 bits per heavy atom. The average molecular weight is 206 g/mol. The number of hydrogen-bond donors (Lipinski definition) is 1. The van der Waals surface area contributed by atoms with E-state index < -0.39 is 0 Å². The van der Waals surface area contributed by atoms with Gasteiger partial charge in [-0.05, 0) is 37.6 Å². The van der Waals surface area contributed by atoms with Crippen molar-refractivity contribution < 1.29 is 9.53 Å². The number of halogens is 1. The minimum absolute atomic E-state index is 0. The molecule has 3 nitrogen and oxygen atoms in total. The van der Waals surface area contributed by atoms with Crippen LogP contribution in [0.3, 0.4) is 0 Å². The lowest BCUT2D eigenvalue weighted by molar-refractivity contribution is -0.144. The van der Waals surface area contributed by atoms with Gasteiger partial charge in [0.15, 0.2) is 0 Å². The molecule has 0 aromatic heterocycles. The molecule has 0 radical (unpaired) electrons. The molecular weight excluding hydrogens is 190 g/mol. The first-order valence-electron chi connectivity index (χ1n) is 4.57. The predicted molar refractivity (Wildman–Crippen MR) is 52.0 cm³/mol. The Hall–Kier alpha value is -0.280. The highest BCUT2D eigenvalue weighted by atomic mass is 35.5. The van der Waals surface area contributed by atoms with Crippen LogP contribution in [0.1, 0.15) is 25.7 Å². The van der Waals surface area contributed by atoms with Crippen molar-refractivity contribution in [2.75, 3.05) is 13.7 Å². The Morgan fingerprint density at radius 3 is 2.69 bits per heavy atom. The lowest BCUT2D eigenvalue weighted by atomic mass is 9.89. The SMILES string of the molecule is COC(=O)[C@@H]1CC2(CCN1)CC2.Cl. The molecule has 1 aliphatic heterocycles. The zero-order valence-corrected chi connectivity index (χ0v) is 8.65. The maximum absolute atomic E-state index is 11.2. The van der Waals surface area contributed by atoms with Crippen LogP contribution in [0.25, 0.3) is 0 Å². The van der Waals surface area contributed by atoms with Gasteiger partial charge in [0.05, 0.1) is 7.11 Å². The van der Waals surface area contributed by atoms with E-state index in [1.807, 2.05) is 0 Å². The van der Waals surface area contributed by atoms with E-state index in [4.69, 9.17) is 4.74 Å². The van der Waals surface area contributed by atoms with Gasteiger partial charge < -0.3 is 10.1 Å². The second-order valence-corrected chi connectivity index (χ2v) is 3.98. The summed E-state index contributed by atoms with van der Waals surface area (Å²) in [6, 6.07) is -0.0359. The summed E-state index contributed by atoms with van der Waals surface area (Å²) >= 11 is 0. The van der Waals surface area contributed by atoms with Crippen molar-refractivity contribution >= 4 is 18.4 Å². The van der Waals surface area contributed by atoms with E-state index in [9.17, 15) is 4.79 Å². The molecule has 0 bridgehead atoms. The molecule has 1 N–H and O–H groups in total. The van der Waals surface area contributed by atoms with Crippen LogP contribution in [0.5, 0.6) is 0 Å². The van der Waals surface area contributed by atoms with Gasteiger partial charge in [0.1, 0.15) is 6.04 Å². The molecular formula is C9H16ClNO2. The maximum atomic E-state index is 11.2. The first-order chi connectivity index (χ1) is 5.76. The largest absolute Gasteiger partial charge is 0.468 e. The van der Waals surface area contributed by atoms with E-state index in [0.29, 0.717) is 5.41 Å². The summed E-state index contributed by atoms with van der Waals surface area (Å²) in [6.07, 6.45) is 4.84. The van der Waals surface area contributed by atoms with Gasteiger partial charge in [-0.25, -0.2) is 0 Å². The Balaban J connectivity index is 0.000000845.